The molecule has 188 valence electrons. The first-order chi connectivity index (χ1) is 15.2. The van der Waals surface area contributed by atoms with Crippen LogP contribution in [0, 0.1) is 5.92 Å². The molecule has 33 heavy (non-hydrogen) atoms. The number of carboxylic acid groups (broad SMARTS) is 1. The van der Waals surface area contributed by atoms with Gasteiger partial charge in [0.1, 0.15) is 18.1 Å². The number of carbonyl (C=O) groups excluding carboxylic acids is 4. The fraction of sp³-hybridized carbons (Fsp3) is 0.684. The predicted molar refractivity (Wildman–Crippen MR) is 120 cm³/mol. The van der Waals surface area contributed by atoms with Gasteiger partial charge < -0.3 is 44.0 Å². The van der Waals surface area contributed by atoms with Crippen molar-refractivity contribution in [2.45, 2.75) is 70.6 Å². The summed E-state index contributed by atoms with van der Waals surface area (Å²) in [6, 6.07) is -4.70. The molecule has 4 atom stereocenters. The van der Waals surface area contributed by atoms with E-state index in [1.54, 1.807) is 13.8 Å². The van der Waals surface area contributed by atoms with Crippen molar-refractivity contribution in [1.82, 2.24) is 16.0 Å². The molecule has 0 radical (unpaired) electrons. The smallest absolute Gasteiger partial charge is 0.326 e. The minimum Gasteiger partial charge on any atom is -0.480 e. The van der Waals surface area contributed by atoms with E-state index in [0.29, 0.717) is 6.42 Å². The van der Waals surface area contributed by atoms with Gasteiger partial charge in [0.2, 0.25) is 23.6 Å². The van der Waals surface area contributed by atoms with E-state index in [1.807, 2.05) is 0 Å². The van der Waals surface area contributed by atoms with Gasteiger partial charge in [0, 0.05) is 6.54 Å². The molecule has 0 spiro atoms. The Hall–Kier alpha value is -3.42. The second-order valence-electron chi connectivity index (χ2n) is 8.06. The van der Waals surface area contributed by atoms with Crippen molar-refractivity contribution in [1.29, 1.82) is 0 Å². The van der Waals surface area contributed by atoms with Crippen LogP contribution in [0.4, 0.5) is 0 Å². The molecule has 4 amide bonds. The normalized spacial score (nSPS) is 14.3. The number of guanidine groups is 1. The Morgan fingerprint density at radius 3 is 1.82 bits per heavy atom. The van der Waals surface area contributed by atoms with Gasteiger partial charge >= 0.3 is 5.97 Å². The summed E-state index contributed by atoms with van der Waals surface area (Å²) in [5.41, 5.74) is 21.2. The van der Waals surface area contributed by atoms with Gasteiger partial charge in [-0.1, -0.05) is 13.8 Å². The van der Waals surface area contributed by atoms with E-state index in [1.165, 1.54) is 6.92 Å². The monoisotopic (exact) mass is 472 g/mol. The Balaban J connectivity index is 5.49. The van der Waals surface area contributed by atoms with E-state index >= 15 is 0 Å². The number of primary amides is 1. The Morgan fingerprint density at radius 1 is 0.848 bits per heavy atom. The number of aliphatic carboxylic acids is 1. The minimum absolute atomic E-state index is 0.0429. The second kappa shape index (κ2) is 14.6. The molecule has 0 aliphatic heterocycles. The lowest BCUT2D eigenvalue weighted by Gasteiger charge is -2.24. The van der Waals surface area contributed by atoms with Crippen LogP contribution in [0.5, 0.6) is 0 Å². The van der Waals surface area contributed by atoms with Gasteiger partial charge in [-0.15, -0.1) is 0 Å². The lowest BCUT2D eigenvalue weighted by molar-refractivity contribution is -0.143. The van der Waals surface area contributed by atoms with Gasteiger partial charge in [0.15, 0.2) is 5.96 Å². The Morgan fingerprint density at radius 2 is 1.36 bits per heavy atom. The summed E-state index contributed by atoms with van der Waals surface area (Å²) in [6.07, 6.45) is -0.0435. The lowest BCUT2D eigenvalue weighted by Crippen LogP contribution is -2.57. The number of hydrogen-bond acceptors (Lipinski definition) is 7. The first-order valence-electron chi connectivity index (χ1n) is 10.5. The maximum atomic E-state index is 12.8. The van der Waals surface area contributed by atoms with Crippen molar-refractivity contribution in [3.8, 4) is 0 Å². The zero-order chi connectivity index (χ0) is 25.7. The summed E-state index contributed by atoms with van der Waals surface area (Å²) in [5.74, 6) is -4.63. The van der Waals surface area contributed by atoms with Gasteiger partial charge in [0.05, 0.1) is 12.5 Å². The quantitative estimate of drug-likeness (QED) is 0.0678. The van der Waals surface area contributed by atoms with Crippen molar-refractivity contribution in [3.05, 3.63) is 0 Å². The molecule has 0 aromatic rings. The Kier molecular flexibility index (Phi) is 13.1. The van der Waals surface area contributed by atoms with Gasteiger partial charge in [-0.3, -0.25) is 24.2 Å². The molecule has 0 heterocycles. The van der Waals surface area contributed by atoms with Crippen molar-refractivity contribution < 1.29 is 29.1 Å². The van der Waals surface area contributed by atoms with E-state index in [0.717, 1.165) is 0 Å². The number of aliphatic imine (C=N–C) groups is 1. The van der Waals surface area contributed by atoms with Crippen LogP contribution in [0.15, 0.2) is 4.99 Å². The summed E-state index contributed by atoms with van der Waals surface area (Å²) in [4.78, 5) is 64.2. The maximum Gasteiger partial charge on any atom is 0.326 e. The van der Waals surface area contributed by atoms with Crippen molar-refractivity contribution in [2.24, 2.45) is 33.8 Å². The second-order valence-corrected chi connectivity index (χ2v) is 8.06. The van der Waals surface area contributed by atoms with E-state index in [4.69, 9.17) is 22.9 Å². The molecule has 0 saturated heterocycles. The molecule has 0 aliphatic rings. The molecule has 0 aromatic heterocycles. The van der Waals surface area contributed by atoms with E-state index in [9.17, 15) is 29.1 Å². The first-order valence-corrected chi connectivity index (χ1v) is 10.5. The van der Waals surface area contributed by atoms with Crippen LogP contribution < -0.4 is 38.9 Å². The number of rotatable bonds is 15. The van der Waals surface area contributed by atoms with Gasteiger partial charge in [-0.2, -0.15) is 0 Å². The van der Waals surface area contributed by atoms with Crippen LogP contribution in [0.25, 0.3) is 0 Å². The number of carbonyl (C=O) groups is 5. The first kappa shape index (κ1) is 29.6. The Bertz CT molecular complexity index is 736. The number of nitrogens with zero attached hydrogens (tertiary/aromatic N) is 1. The summed E-state index contributed by atoms with van der Waals surface area (Å²) in [5, 5.41) is 16.5. The maximum absolute atomic E-state index is 12.8. The van der Waals surface area contributed by atoms with E-state index in [2.05, 4.69) is 20.9 Å². The van der Waals surface area contributed by atoms with E-state index < -0.39 is 60.2 Å². The molecule has 12 N–H and O–H groups in total. The molecule has 14 heteroatoms. The molecule has 0 aromatic carbocycles. The average molecular weight is 473 g/mol. The zero-order valence-corrected chi connectivity index (χ0v) is 19.2. The van der Waals surface area contributed by atoms with Gasteiger partial charge in [-0.05, 0) is 32.1 Å². The molecule has 0 saturated carbocycles. The van der Waals surface area contributed by atoms with Crippen LogP contribution in [-0.4, -0.2) is 71.4 Å². The van der Waals surface area contributed by atoms with Crippen molar-refractivity contribution >= 4 is 35.6 Å². The molecule has 0 bridgehead atoms. The third-order valence-electron chi connectivity index (χ3n) is 4.35. The molecule has 0 aliphatic carbocycles. The number of nitrogens with one attached hydrogen (secondary N) is 3. The molecule has 0 rings (SSSR count). The Labute approximate surface area is 192 Å². The fourth-order valence-corrected chi connectivity index (χ4v) is 2.72. The fourth-order valence-electron chi connectivity index (χ4n) is 2.72. The summed E-state index contributed by atoms with van der Waals surface area (Å²) in [7, 11) is 0. The van der Waals surface area contributed by atoms with Crippen LogP contribution in [0.3, 0.4) is 0 Å². The molecular formula is C19H36N8O6. The number of nitrogens with two attached hydrogens (primary N) is 4. The largest absolute Gasteiger partial charge is 0.480 e. The van der Waals surface area contributed by atoms with Crippen LogP contribution >= 0.6 is 0 Å². The molecular weight excluding hydrogens is 436 g/mol. The third-order valence-corrected chi connectivity index (χ3v) is 4.35. The zero-order valence-electron chi connectivity index (χ0n) is 19.2. The number of carboxylic acids is 1. The SMILES string of the molecule is CC(C)CC(NC(=O)C(CC(N)=O)NC(=O)C(CCCN=C(N)N)NC(=O)C(C)N)C(=O)O. The number of hydrogen-bond donors (Lipinski definition) is 8. The third kappa shape index (κ3) is 12.9. The summed E-state index contributed by atoms with van der Waals surface area (Å²) < 4.78 is 0. The van der Waals surface area contributed by atoms with E-state index in [-0.39, 0.29) is 31.3 Å². The lowest BCUT2D eigenvalue weighted by atomic mass is 10.0. The minimum atomic E-state index is -1.45. The summed E-state index contributed by atoms with van der Waals surface area (Å²) >= 11 is 0. The average Bonchev–Trinajstić information content (AvgIpc) is 2.67. The van der Waals surface area contributed by atoms with Crippen LogP contribution in [-0.2, 0) is 24.0 Å². The highest BCUT2D eigenvalue weighted by atomic mass is 16.4. The van der Waals surface area contributed by atoms with Crippen LogP contribution in [0.2, 0.25) is 0 Å². The van der Waals surface area contributed by atoms with Gasteiger partial charge in [-0.25, -0.2) is 4.79 Å². The predicted octanol–water partition coefficient (Wildman–Crippen LogP) is -3.15. The van der Waals surface area contributed by atoms with Crippen molar-refractivity contribution in [3.63, 3.8) is 0 Å². The molecule has 4 unspecified atom stereocenters. The highest BCUT2D eigenvalue weighted by molar-refractivity contribution is 5.96. The van der Waals surface area contributed by atoms with Gasteiger partial charge in [0.25, 0.3) is 0 Å². The van der Waals surface area contributed by atoms with Crippen LogP contribution in [0.1, 0.15) is 46.5 Å². The molecule has 14 nitrogen and oxygen atoms in total. The molecule has 0 fully saturated rings. The summed E-state index contributed by atoms with van der Waals surface area (Å²) in [6.45, 7) is 5.16. The number of amides is 4. The topological polar surface area (TPSA) is 258 Å². The van der Waals surface area contributed by atoms with Crippen molar-refractivity contribution in [2.75, 3.05) is 6.54 Å². The highest BCUT2D eigenvalue weighted by Crippen LogP contribution is 2.07. The highest BCUT2D eigenvalue weighted by Gasteiger charge is 2.31. The standard InChI is InChI=1S/C19H36N8O6/c1-9(2)7-13(18(32)33)27-17(31)12(8-14(21)28)26-16(30)11(25-15(29)10(3)20)5-4-6-24-19(22)23/h9-13H,4-8,20H2,1-3H3,(H2,21,28)(H,25,29)(H,26,30)(H,27,31)(H,32,33)(H4,22,23,24).